The van der Waals surface area contributed by atoms with Crippen LogP contribution in [-0.2, 0) is 10.3 Å². The lowest BCUT2D eigenvalue weighted by atomic mass is 9.84. The lowest BCUT2D eigenvalue weighted by Gasteiger charge is -2.37. The average molecular weight is 295 g/mol. The fraction of sp³-hybridized carbons (Fsp3) is 0.316. The van der Waals surface area contributed by atoms with Crippen LogP contribution in [-0.4, -0.2) is 19.1 Å². The Kier molecular flexibility index (Phi) is 4.25. The standard InChI is InChI=1S/C19H21NO2/c1-15-6-5-7-16(14-15)18(21)22-19(10-12-20-13-11-19)17-8-3-2-4-9-17/h2-9,14,20H,10-13H2,1H3. The third-order valence-corrected chi connectivity index (χ3v) is 4.25. The zero-order chi connectivity index (χ0) is 15.4. The van der Waals surface area contributed by atoms with Gasteiger partial charge in [0.25, 0.3) is 0 Å². The summed E-state index contributed by atoms with van der Waals surface area (Å²) in [5.74, 6) is -0.241. The van der Waals surface area contributed by atoms with Gasteiger partial charge in [0.15, 0.2) is 0 Å². The van der Waals surface area contributed by atoms with Crippen LogP contribution in [0.3, 0.4) is 0 Å². The molecule has 1 aliphatic heterocycles. The molecule has 0 aliphatic carbocycles. The summed E-state index contributed by atoms with van der Waals surface area (Å²) in [5.41, 5.74) is 2.24. The third-order valence-electron chi connectivity index (χ3n) is 4.25. The first-order valence-corrected chi connectivity index (χ1v) is 7.76. The van der Waals surface area contributed by atoms with Crippen LogP contribution >= 0.6 is 0 Å². The van der Waals surface area contributed by atoms with E-state index in [0.29, 0.717) is 5.56 Å². The molecule has 0 amide bonds. The molecule has 2 aromatic rings. The van der Waals surface area contributed by atoms with Crippen LogP contribution in [0.4, 0.5) is 0 Å². The predicted octanol–water partition coefficient (Wildman–Crippen LogP) is 3.43. The SMILES string of the molecule is Cc1cccc(C(=O)OC2(c3ccccc3)CCNCC2)c1. The minimum Gasteiger partial charge on any atom is -0.450 e. The molecular formula is C19H21NO2. The Morgan fingerprint density at radius 3 is 2.45 bits per heavy atom. The molecule has 2 aromatic carbocycles. The summed E-state index contributed by atoms with van der Waals surface area (Å²) in [5, 5.41) is 3.34. The number of benzene rings is 2. The molecule has 0 radical (unpaired) electrons. The molecule has 114 valence electrons. The van der Waals surface area contributed by atoms with Crippen molar-refractivity contribution in [3.05, 3.63) is 71.3 Å². The van der Waals surface area contributed by atoms with E-state index in [-0.39, 0.29) is 5.97 Å². The molecule has 3 rings (SSSR count). The van der Waals surface area contributed by atoms with E-state index >= 15 is 0 Å². The summed E-state index contributed by atoms with van der Waals surface area (Å²) in [6.45, 7) is 3.69. The number of rotatable bonds is 3. The number of aryl methyl sites for hydroxylation is 1. The van der Waals surface area contributed by atoms with Crippen molar-refractivity contribution < 1.29 is 9.53 Å². The lowest BCUT2D eigenvalue weighted by molar-refractivity contribution is -0.0378. The van der Waals surface area contributed by atoms with Gasteiger partial charge in [0.1, 0.15) is 5.60 Å². The van der Waals surface area contributed by atoms with E-state index in [0.717, 1.165) is 37.1 Å². The number of nitrogens with one attached hydrogen (secondary N) is 1. The van der Waals surface area contributed by atoms with E-state index in [4.69, 9.17) is 4.74 Å². The summed E-state index contributed by atoms with van der Waals surface area (Å²) in [6.07, 6.45) is 1.60. The number of hydrogen-bond donors (Lipinski definition) is 1. The number of piperidine rings is 1. The Balaban J connectivity index is 1.89. The number of carbonyl (C=O) groups is 1. The van der Waals surface area contributed by atoms with Gasteiger partial charge in [-0.1, -0.05) is 48.0 Å². The quantitative estimate of drug-likeness (QED) is 0.882. The highest BCUT2D eigenvalue weighted by atomic mass is 16.6. The summed E-state index contributed by atoms with van der Waals surface area (Å²) < 4.78 is 6.03. The minimum absolute atomic E-state index is 0.241. The molecule has 1 aliphatic rings. The fourth-order valence-corrected chi connectivity index (χ4v) is 3.03. The van der Waals surface area contributed by atoms with E-state index in [1.54, 1.807) is 0 Å². The first-order chi connectivity index (χ1) is 10.7. The van der Waals surface area contributed by atoms with Crippen molar-refractivity contribution in [2.24, 2.45) is 0 Å². The molecule has 0 atom stereocenters. The maximum absolute atomic E-state index is 12.6. The van der Waals surface area contributed by atoms with Crippen molar-refractivity contribution in [3.63, 3.8) is 0 Å². The summed E-state index contributed by atoms with van der Waals surface area (Å²) in [7, 11) is 0. The van der Waals surface area contributed by atoms with Gasteiger partial charge in [-0.25, -0.2) is 4.79 Å². The molecule has 0 bridgehead atoms. The van der Waals surface area contributed by atoms with Crippen molar-refractivity contribution in [2.75, 3.05) is 13.1 Å². The first-order valence-electron chi connectivity index (χ1n) is 7.76. The van der Waals surface area contributed by atoms with Crippen molar-refractivity contribution in [3.8, 4) is 0 Å². The van der Waals surface area contributed by atoms with Gasteiger partial charge >= 0.3 is 5.97 Å². The van der Waals surface area contributed by atoms with Crippen LogP contribution in [0.2, 0.25) is 0 Å². The van der Waals surface area contributed by atoms with E-state index in [2.05, 4.69) is 17.4 Å². The normalized spacial score (nSPS) is 17.0. The van der Waals surface area contributed by atoms with Gasteiger partial charge in [0, 0.05) is 12.8 Å². The van der Waals surface area contributed by atoms with Crippen molar-refractivity contribution in [1.29, 1.82) is 0 Å². The maximum Gasteiger partial charge on any atom is 0.339 e. The molecule has 0 saturated carbocycles. The second-order valence-corrected chi connectivity index (χ2v) is 5.87. The molecule has 3 nitrogen and oxygen atoms in total. The number of hydrogen-bond acceptors (Lipinski definition) is 3. The molecule has 1 N–H and O–H groups in total. The molecular weight excluding hydrogens is 274 g/mol. The largest absolute Gasteiger partial charge is 0.450 e. The topological polar surface area (TPSA) is 38.3 Å². The smallest absolute Gasteiger partial charge is 0.339 e. The van der Waals surface area contributed by atoms with Gasteiger partial charge in [-0.15, -0.1) is 0 Å². The van der Waals surface area contributed by atoms with Crippen LogP contribution in [0.1, 0.15) is 34.3 Å². The van der Waals surface area contributed by atoms with Crippen LogP contribution < -0.4 is 5.32 Å². The summed E-state index contributed by atoms with van der Waals surface area (Å²) in [4.78, 5) is 12.6. The van der Waals surface area contributed by atoms with Gasteiger partial charge in [-0.2, -0.15) is 0 Å². The first kappa shape index (κ1) is 14.8. The molecule has 3 heteroatoms. The monoisotopic (exact) mass is 295 g/mol. The van der Waals surface area contributed by atoms with E-state index in [1.807, 2.05) is 49.4 Å². The highest BCUT2D eigenvalue weighted by Crippen LogP contribution is 2.35. The molecule has 0 spiro atoms. The maximum atomic E-state index is 12.6. The van der Waals surface area contributed by atoms with Crippen LogP contribution in [0, 0.1) is 6.92 Å². The summed E-state index contributed by atoms with van der Waals surface area (Å²) in [6, 6.07) is 17.7. The Bertz CT molecular complexity index is 645. The minimum atomic E-state index is -0.520. The van der Waals surface area contributed by atoms with Crippen molar-refractivity contribution in [2.45, 2.75) is 25.4 Å². The molecule has 1 heterocycles. The number of ether oxygens (including phenoxy) is 1. The molecule has 0 unspecified atom stereocenters. The second-order valence-electron chi connectivity index (χ2n) is 5.87. The zero-order valence-corrected chi connectivity index (χ0v) is 12.8. The van der Waals surface area contributed by atoms with Crippen molar-refractivity contribution >= 4 is 5.97 Å². The predicted molar refractivity (Wildman–Crippen MR) is 86.8 cm³/mol. The van der Waals surface area contributed by atoms with Gasteiger partial charge in [0.05, 0.1) is 5.56 Å². The highest BCUT2D eigenvalue weighted by molar-refractivity contribution is 5.90. The Labute approximate surface area is 131 Å². The van der Waals surface area contributed by atoms with E-state index in [9.17, 15) is 4.79 Å². The Morgan fingerprint density at radius 2 is 1.77 bits per heavy atom. The second kappa shape index (κ2) is 6.32. The average Bonchev–Trinajstić information content (AvgIpc) is 2.56. The van der Waals surface area contributed by atoms with Crippen LogP contribution in [0.5, 0.6) is 0 Å². The third kappa shape index (κ3) is 3.04. The Hall–Kier alpha value is -2.13. The number of carbonyl (C=O) groups excluding carboxylic acids is 1. The van der Waals surface area contributed by atoms with Crippen LogP contribution in [0.15, 0.2) is 54.6 Å². The van der Waals surface area contributed by atoms with E-state index in [1.165, 1.54) is 0 Å². The van der Waals surface area contributed by atoms with Gasteiger partial charge in [-0.05, 0) is 37.7 Å². The molecule has 0 aromatic heterocycles. The molecule has 22 heavy (non-hydrogen) atoms. The van der Waals surface area contributed by atoms with Crippen molar-refractivity contribution in [1.82, 2.24) is 5.32 Å². The van der Waals surface area contributed by atoms with E-state index < -0.39 is 5.60 Å². The van der Waals surface area contributed by atoms with Crippen LogP contribution in [0.25, 0.3) is 0 Å². The molecule has 1 fully saturated rings. The Morgan fingerprint density at radius 1 is 1.05 bits per heavy atom. The highest BCUT2D eigenvalue weighted by Gasteiger charge is 2.37. The summed E-state index contributed by atoms with van der Waals surface area (Å²) >= 11 is 0. The van der Waals surface area contributed by atoms with Gasteiger partial charge in [-0.3, -0.25) is 0 Å². The zero-order valence-electron chi connectivity index (χ0n) is 12.8. The fourth-order valence-electron chi connectivity index (χ4n) is 3.03. The molecule has 1 saturated heterocycles. The van der Waals surface area contributed by atoms with Gasteiger partial charge in [0.2, 0.25) is 0 Å². The number of esters is 1. The van der Waals surface area contributed by atoms with Gasteiger partial charge < -0.3 is 10.1 Å². The lowest BCUT2D eigenvalue weighted by Crippen LogP contribution is -2.43.